The third-order valence-electron chi connectivity index (χ3n) is 7.87. The van der Waals surface area contributed by atoms with Crippen LogP contribution in [0.3, 0.4) is 0 Å². The van der Waals surface area contributed by atoms with Crippen molar-refractivity contribution in [3.05, 3.63) is 64.8 Å². The van der Waals surface area contributed by atoms with Crippen molar-refractivity contribution in [1.29, 1.82) is 0 Å². The van der Waals surface area contributed by atoms with Crippen LogP contribution in [0.25, 0.3) is 11.3 Å². The monoisotopic (exact) mass is 616 g/mol. The number of carbonyl (C=O) groups excluding carboxylic acids is 2. The fourth-order valence-corrected chi connectivity index (χ4v) is 5.42. The molecule has 44 heavy (non-hydrogen) atoms. The Labute approximate surface area is 259 Å². The lowest BCUT2D eigenvalue weighted by molar-refractivity contribution is -0.125. The second-order valence-electron chi connectivity index (χ2n) is 11.0. The summed E-state index contributed by atoms with van der Waals surface area (Å²) in [6.45, 7) is 7.59. The highest BCUT2D eigenvalue weighted by Gasteiger charge is 2.36. The zero-order valence-corrected chi connectivity index (χ0v) is 25.7. The number of halogens is 1. The molecule has 0 aliphatic carbocycles. The lowest BCUT2D eigenvalue weighted by Crippen LogP contribution is -2.46. The molecule has 4 aromatic rings. The topological polar surface area (TPSA) is 150 Å². The highest BCUT2D eigenvalue weighted by Crippen LogP contribution is 2.31. The molecule has 6 rings (SSSR count). The van der Waals surface area contributed by atoms with Gasteiger partial charge in [-0.2, -0.15) is 9.90 Å². The highest BCUT2D eigenvalue weighted by atomic mass is 35.5. The van der Waals surface area contributed by atoms with Crippen molar-refractivity contribution in [3.8, 4) is 11.3 Å². The van der Waals surface area contributed by atoms with Gasteiger partial charge in [-0.1, -0.05) is 17.7 Å². The van der Waals surface area contributed by atoms with Gasteiger partial charge in [0.15, 0.2) is 5.82 Å². The number of hydrogen-bond acceptors (Lipinski definition) is 11. The van der Waals surface area contributed by atoms with Gasteiger partial charge in [-0.15, -0.1) is 5.10 Å². The van der Waals surface area contributed by atoms with E-state index in [4.69, 9.17) is 16.6 Å². The number of carbonyl (C=O) groups is 2. The van der Waals surface area contributed by atoms with Crippen LogP contribution in [-0.2, 0) is 18.4 Å². The molecule has 228 valence electrons. The fraction of sp³-hybridized carbons (Fsp3) is 0.379. The summed E-state index contributed by atoms with van der Waals surface area (Å²) in [6, 6.07) is 6.50. The van der Waals surface area contributed by atoms with Gasteiger partial charge in [0, 0.05) is 45.0 Å². The van der Waals surface area contributed by atoms with Crippen LogP contribution in [0.15, 0.2) is 42.9 Å². The zero-order chi connectivity index (χ0) is 31.0. The first-order valence-corrected chi connectivity index (χ1v) is 14.7. The molecule has 2 N–H and O–H groups in total. The van der Waals surface area contributed by atoms with E-state index >= 15 is 0 Å². The smallest absolute Gasteiger partial charge is 0.256 e. The summed E-state index contributed by atoms with van der Waals surface area (Å²) in [4.78, 5) is 52.4. The van der Waals surface area contributed by atoms with Crippen molar-refractivity contribution >= 4 is 41.0 Å². The van der Waals surface area contributed by atoms with Crippen molar-refractivity contribution in [3.63, 3.8) is 0 Å². The maximum absolute atomic E-state index is 13.5. The molecule has 0 saturated carbocycles. The molecule has 2 unspecified atom stereocenters. The minimum atomic E-state index is -0.728. The second-order valence-corrected chi connectivity index (χ2v) is 11.4. The van der Waals surface area contributed by atoms with Gasteiger partial charge in [0.25, 0.3) is 5.91 Å². The molecule has 14 nitrogen and oxygen atoms in total. The molecule has 1 saturated heterocycles. The molecule has 2 aliphatic rings. The molecule has 6 heterocycles. The normalized spacial score (nSPS) is 16.5. The number of hydrogen-bond donors (Lipinski definition) is 2. The van der Waals surface area contributed by atoms with E-state index in [2.05, 4.69) is 52.6 Å². The summed E-state index contributed by atoms with van der Waals surface area (Å²) in [7, 11) is 3.81. The molecule has 0 spiro atoms. The van der Waals surface area contributed by atoms with E-state index in [9.17, 15) is 9.59 Å². The molecule has 0 aromatic carbocycles. The number of rotatable bonds is 8. The van der Waals surface area contributed by atoms with Crippen molar-refractivity contribution in [2.75, 3.05) is 43.4 Å². The van der Waals surface area contributed by atoms with E-state index < -0.39 is 6.04 Å². The summed E-state index contributed by atoms with van der Waals surface area (Å²) < 4.78 is 0. The zero-order valence-electron chi connectivity index (χ0n) is 24.9. The lowest BCUT2D eigenvalue weighted by Gasteiger charge is -2.33. The Balaban J connectivity index is 1.13. The van der Waals surface area contributed by atoms with Crippen molar-refractivity contribution in [2.45, 2.75) is 32.5 Å². The minimum absolute atomic E-state index is 0.214. The number of fused-ring (bicyclic) bond motifs is 1. The van der Waals surface area contributed by atoms with E-state index in [0.29, 0.717) is 33.4 Å². The van der Waals surface area contributed by atoms with Crippen LogP contribution in [0.5, 0.6) is 0 Å². The summed E-state index contributed by atoms with van der Waals surface area (Å²) >= 11 is 6.43. The number of aryl methyl sites for hydroxylation is 1. The second kappa shape index (κ2) is 12.1. The molecule has 0 bridgehead atoms. The number of anilines is 3. The first-order valence-electron chi connectivity index (χ1n) is 14.3. The Kier molecular flexibility index (Phi) is 8.10. The van der Waals surface area contributed by atoms with Crippen molar-refractivity contribution < 1.29 is 9.59 Å². The molecular weight excluding hydrogens is 584 g/mol. The van der Waals surface area contributed by atoms with Crippen LogP contribution in [0.1, 0.15) is 41.6 Å². The highest BCUT2D eigenvalue weighted by molar-refractivity contribution is 6.33. The maximum atomic E-state index is 13.5. The Hall–Kier alpha value is -4.69. The Morgan fingerprint density at radius 2 is 1.82 bits per heavy atom. The average Bonchev–Trinajstić information content (AvgIpc) is 3.59. The molecule has 4 aromatic heterocycles. The number of likely N-dealkylation sites (N-methyl/N-ethyl adjacent to an activating group) is 1. The molecule has 0 radical (unpaired) electrons. The van der Waals surface area contributed by atoms with Gasteiger partial charge < -0.3 is 25.3 Å². The number of amides is 2. The molecule has 2 atom stereocenters. The Morgan fingerprint density at radius 1 is 1.02 bits per heavy atom. The van der Waals surface area contributed by atoms with Crippen LogP contribution in [0, 0.1) is 0 Å². The predicted octanol–water partition coefficient (Wildman–Crippen LogP) is 2.43. The van der Waals surface area contributed by atoms with Crippen LogP contribution in [0.2, 0.25) is 5.02 Å². The quantitative estimate of drug-likeness (QED) is 0.300. The average molecular weight is 617 g/mol. The summed E-state index contributed by atoms with van der Waals surface area (Å²) in [6.07, 6.45) is 4.62. The SMILES string of the molecule is CC(NC(=O)C(C)N1Cc2ncc(-c3nc(Nc4cnn(C)n4)ncc3Cl)cc2C1=O)c1cccc(N2CCN(C)CC2)n1. The first kappa shape index (κ1) is 29.4. The molecule has 1 fully saturated rings. The summed E-state index contributed by atoms with van der Waals surface area (Å²) in [5, 5.41) is 14.5. The maximum Gasteiger partial charge on any atom is 0.256 e. The van der Waals surface area contributed by atoms with E-state index in [-0.39, 0.29) is 30.3 Å². The van der Waals surface area contributed by atoms with Crippen molar-refractivity contribution in [2.24, 2.45) is 7.05 Å². The molecule has 15 heteroatoms. The number of nitrogens with one attached hydrogen (secondary N) is 2. The third kappa shape index (κ3) is 6.03. The van der Waals surface area contributed by atoms with Gasteiger partial charge in [-0.3, -0.25) is 14.6 Å². The summed E-state index contributed by atoms with van der Waals surface area (Å²) in [5.41, 5.74) is 2.69. The third-order valence-corrected chi connectivity index (χ3v) is 8.15. The van der Waals surface area contributed by atoms with Crippen LogP contribution >= 0.6 is 11.6 Å². The minimum Gasteiger partial charge on any atom is -0.354 e. The molecule has 2 aliphatic heterocycles. The Bertz CT molecular complexity index is 1700. The number of piperazine rings is 1. The van der Waals surface area contributed by atoms with E-state index in [1.165, 1.54) is 15.9 Å². The molecular formula is C29H33ClN12O2. The predicted molar refractivity (Wildman–Crippen MR) is 164 cm³/mol. The number of pyridine rings is 2. The standard InChI is InChI=1S/C29H33ClN12O2/c1-17(22-6-5-7-25(35-22)41-10-8-39(3)9-11-41)34-27(43)18(2)42-16-23-20(28(42)44)12-19(13-31-23)26-21(30)14-32-29(37-26)36-24-15-33-40(4)38-24/h5-7,12-15,17-18H,8-11,16H2,1-4H3,(H,34,43)(H,32,36,37,38). The fourth-order valence-electron chi connectivity index (χ4n) is 5.22. The largest absolute Gasteiger partial charge is 0.354 e. The van der Waals surface area contributed by atoms with E-state index in [0.717, 1.165) is 37.7 Å². The van der Waals surface area contributed by atoms with Crippen LogP contribution in [0.4, 0.5) is 17.6 Å². The van der Waals surface area contributed by atoms with E-state index in [1.807, 2.05) is 25.1 Å². The van der Waals surface area contributed by atoms with Gasteiger partial charge in [-0.25, -0.2) is 15.0 Å². The van der Waals surface area contributed by atoms with Crippen LogP contribution < -0.4 is 15.5 Å². The van der Waals surface area contributed by atoms with Gasteiger partial charge in [0.2, 0.25) is 11.9 Å². The number of nitrogens with zero attached hydrogens (tertiary/aromatic N) is 10. The first-order chi connectivity index (χ1) is 21.2. The summed E-state index contributed by atoms with van der Waals surface area (Å²) in [5.74, 6) is 1.07. The molecule has 2 amide bonds. The van der Waals surface area contributed by atoms with E-state index in [1.54, 1.807) is 32.4 Å². The lowest BCUT2D eigenvalue weighted by atomic mass is 10.1. The Morgan fingerprint density at radius 3 is 2.57 bits per heavy atom. The van der Waals surface area contributed by atoms with Gasteiger partial charge in [0.05, 0.1) is 52.6 Å². The van der Waals surface area contributed by atoms with Crippen LogP contribution in [-0.4, -0.2) is 95.8 Å². The van der Waals surface area contributed by atoms with Gasteiger partial charge in [0.1, 0.15) is 11.9 Å². The van der Waals surface area contributed by atoms with Gasteiger partial charge >= 0.3 is 0 Å². The van der Waals surface area contributed by atoms with Crippen molar-refractivity contribution in [1.82, 2.24) is 50.0 Å². The van der Waals surface area contributed by atoms with Gasteiger partial charge in [-0.05, 0) is 39.1 Å². The number of aromatic nitrogens is 7.